The van der Waals surface area contributed by atoms with Crippen molar-refractivity contribution in [2.24, 2.45) is 0 Å². The fraction of sp³-hybridized carbons (Fsp3) is 0.692. The molecule has 1 heteroatoms. The highest BCUT2D eigenvalue weighted by Gasteiger charge is 2.05. The minimum absolute atomic E-state index is 0.233. The van der Waals surface area contributed by atoms with Crippen molar-refractivity contribution in [3.8, 4) is 12.3 Å². The fourth-order valence-corrected chi connectivity index (χ4v) is 1.09. The first kappa shape index (κ1) is 13.3. The summed E-state index contributed by atoms with van der Waals surface area (Å²) in [6, 6.07) is 0. The van der Waals surface area contributed by atoms with Crippen LogP contribution < -0.4 is 5.32 Å². The van der Waals surface area contributed by atoms with Gasteiger partial charge in [0.05, 0.1) is 0 Å². The summed E-state index contributed by atoms with van der Waals surface area (Å²) in [6.45, 7) is 7.60. The molecule has 0 fully saturated rings. The Labute approximate surface area is 89.0 Å². The third kappa shape index (κ3) is 11.3. The summed E-state index contributed by atoms with van der Waals surface area (Å²) in [4.78, 5) is 0. The molecule has 0 unspecified atom stereocenters. The topological polar surface area (TPSA) is 12.0 Å². The predicted molar refractivity (Wildman–Crippen MR) is 64.2 cm³/mol. The second-order valence-electron chi connectivity index (χ2n) is 4.53. The van der Waals surface area contributed by atoms with E-state index in [9.17, 15) is 0 Å². The Hall–Kier alpha value is -0.740. The third-order valence-corrected chi connectivity index (χ3v) is 1.82. The van der Waals surface area contributed by atoms with Crippen molar-refractivity contribution < 1.29 is 0 Å². The second-order valence-corrected chi connectivity index (χ2v) is 4.53. The molecule has 80 valence electrons. The zero-order valence-electron chi connectivity index (χ0n) is 9.77. The Bertz CT molecular complexity index is 190. The molecule has 0 aromatic carbocycles. The van der Waals surface area contributed by atoms with Crippen LogP contribution in [0.25, 0.3) is 0 Å². The SMILES string of the molecule is C#CCCC/C=C/CCNC(C)(C)C. The monoisotopic (exact) mass is 193 g/mol. The molecule has 0 aromatic heterocycles. The largest absolute Gasteiger partial charge is 0.312 e. The molecule has 0 rings (SSSR count). The fourth-order valence-electron chi connectivity index (χ4n) is 1.09. The molecule has 0 aliphatic rings. The van der Waals surface area contributed by atoms with Gasteiger partial charge in [-0.3, -0.25) is 0 Å². The molecule has 0 amide bonds. The van der Waals surface area contributed by atoms with Crippen LogP contribution in [0.5, 0.6) is 0 Å². The van der Waals surface area contributed by atoms with Gasteiger partial charge < -0.3 is 5.32 Å². The van der Waals surface area contributed by atoms with Crippen LogP contribution in [-0.2, 0) is 0 Å². The predicted octanol–water partition coefficient (Wildman–Crippen LogP) is 3.12. The Morgan fingerprint density at radius 3 is 2.43 bits per heavy atom. The Morgan fingerprint density at radius 1 is 1.21 bits per heavy atom. The summed E-state index contributed by atoms with van der Waals surface area (Å²) in [5, 5.41) is 3.44. The summed E-state index contributed by atoms with van der Waals surface area (Å²) in [5.74, 6) is 2.64. The van der Waals surface area contributed by atoms with Gasteiger partial charge in [-0.1, -0.05) is 12.2 Å². The van der Waals surface area contributed by atoms with E-state index in [1.165, 1.54) is 0 Å². The molecule has 0 heterocycles. The zero-order valence-corrected chi connectivity index (χ0v) is 9.77. The molecule has 14 heavy (non-hydrogen) atoms. The average molecular weight is 193 g/mol. The first-order valence-corrected chi connectivity index (χ1v) is 5.40. The van der Waals surface area contributed by atoms with Gasteiger partial charge in [-0.2, -0.15) is 0 Å². The van der Waals surface area contributed by atoms with E-state index in [1.807, 2.05) is 0 Å². The van der Waals surface area contributed by atoms with Crippen LogP contribution in [0.3, 0.4) is 0 Å². The average Bonchev–Trinajstić information content (AvgIpc) is 2.08. The Balaban J connectivity index is 3.24. The highest BCUT2D eigenvalue weighted by molar-refractivity contribution is 4.87. The van der Waals surface area contributed by atoms with Gasteiger partial charge in [0.25, 0.3) is 0 Å². The lowest BCUT2D eigenvalue weighted by Crippen LogP contribution is -2.36. The molecule has 0 bridgehead atoms. The smallest absolute Gasteiger partial charge is 0.00966 e. The van der Waals surface area contributed by atoms with Gasteiger partial charge in [-0.25, -0.2) is 0 Å². The van der Waals surface area contributed by atoms with Crippen LogP contribution in [0.1, 0.15) is 46.5 Å². The molecule has 0 atom stereocenters. The third-order valence-electron chi connectivity index (χ3n) is 1.82. The van der Waals surface area contributed by atoms with Gasteiger partial charge in [0.15, 0.2) is 0 Å². The molecule has 0 spiro atoms. The molecule has 1 nitrogen and oxygen atoms in total. The van der Waals surface area contributed by atoms with Crippen LogP contribution in [0.4, 0.5) is 0 Å². The second kappa shape index (κ2) is 7.64. The van der Waals surface area contributed by atoms with Gasteiger partial charge in [-0.05, 0) is 46.6 Å². The number of allylic oxidation sites excluding steroid dienone is 1. The van der Waals surface area contributed by atoms with E-state index in [0.717, 1.165) is 32.2 Å². The first-order chi connectivity index (χ1) is 6.56. The van der Waals surface area contributed by atoms with Gasteiger partial charge in [0, 0.05) is 12.0 Å². The quantitative estimate of drug-likeness (QED) is 0.388. The summed E-state index contributed by atoms with van der Waals surface area (Å²) in [5.41, 5.74) is 0.233. The maximum absolute atomic E-state index is 5.15. The molecule has 1 N–H and O–H groups in total. The lowest BCUT2D eigenvalue weighted by atomic mass is 10.1. The van der Waals surface area contributed by atoms with Crippen molar-refractivity contribution in [3.05, 3.63) is 12.2 Å². The van der Waals surface area contributed by atoms with Crippen molar-refractivity contribution in [1.82, 2.24) is 5.32 Å². The first-order valence-electron chi connectivity index (χ1n) is 5.40. The van der Waals surface area contributed by atoms with Crippen molar-refractivity contribution in [1.29, 1.82) is 0 Å². The summed E-state index contributed by atoms with van der Waals surface area (Å²) < 4.78 is 0. The van der Waals surface area contributed by atoms with E-state index < -0.39 is 0 Å². The van der Waals surface area contributed by atoms with E-state index in [0.29, 0.717) is 0 Å². The van der Waals surface area contributed by atoms with E-state index >= 15 is 0 Å². The molecular formula is C13H23N. The van der Waals surface area contributed by atoms with Gasteiger partial charge in [-0.15, -0.1) is 12.3 Å². The van der Waals surface area contributed by atoms with E-state index in [4.69, 9.17) is 6.42 Å². The molecule has 0 saturated heterocycles. The minimum atomic E-state index is 0.233. The van der Waals surface area contributed by atoms with Crippen LogP contribution in [0.2, 0.25) is 0 Å². The van der Waals surface area contributed by atoms with Gasteiger partial charge >= 0.3 is 0 Å². The molecule has 0 aliphatic heterocycles. The van der Waals surface area contributed by atoms with E-state index in [-0.39, 0.29) is 5.54 Å². The number of terminal acetylenes is 1. The normalized spacial score (nSPS) is 11.9. The van der Waals surface area contributed by atoms with Crippen molar-refractivity contribution >= 4 is 0 Å². The minimum Gasteiger partial charge on any atom is -0.312 e. The lowest BCUT2D eigenvalue weighted by Gasteiger charge is -2.19. The molecule has 0 saturated carbocycles. The van der Waals surface area contributed by atoms with Crippen LogP contribution in [-0.4, -0.2) is 12.1 Å². The van der Waals surface area contributed by atoms with E-state index in [1.54, 1.807) is 0 Å². The molecule has 0 aliphatic carbocycles. The van der Waals surface area contributed by atoms with Crippen molar-refractivity contribution in [2.45, 2.75) is 52.0 Å². The van der Waals surface area contributed by atoms with Gasteiger partial charge in [0.2, 0.25) is 0 Å². The van der Waals surface area contributed by atoms with Crippen molar-refractivity contribution in [2.75, 3.05) is 6.54 Å². The summed E-state index contributed by atoms with van der Waals surface area (Å²) >= 11 is 0. The highest BCUT2D eigenvalue weighted by atomic mass is 14.9. The Kier molecular flexibility index (Phi) is 7.24. The number of hydrogen-bond donors (Lipinski definition) is 1. The lowest BCUT2D eigenvalue weighted by molar-refractivity contribution is 0.431. The Morgan fingerprint density at radius 2 is 1.86 bits per heavy atom. The number of rotatable bonds is 6. The zero-order chi connectivity index (χ0) is 10.9. The van der Waals surface area contributed by atoms with Crippen molar-refractivity contribution in [3.63, 3.8) is 0 Å². The maximum atomic E-state index is 5.15. The standard InChI is InChI=1S/C13H23N/c1-5-6-7-8-9-10-11-12-14-13(2,3)4/h1,9-10,14H,6-8,11-12H2,2-4H3/b10-9+. The summed E-state index contributed by atoms with van der Waals surface area (Å²) in [6.07, 6.45) is 13.8. The molecule has 0 radical (unpaired) electrons. The summed E-state index contributed by atoms with van der Waals surface area (Å²) in [7, 11) is 0. The van der Waals surface area contributed by atoms with Crippen LogP contribution in [0, 0.1) is 12.3 Å². The highest BCUT2D eigenvalue weighted by Crippen LogP contribution is 1.99. The molecule has 0 aromatic rings. The number of nitrogens with one attached hydrogen (secondary N) is 1. The molecular weight excluding hydrogens is 170 g/mol. The van der Waals surface area contributed by atoms with E-state index in [2.05, 4.69) is 44.2 Å². The van der Waals surface area contributed by atoms with Crippen LogP contribution >= 0.6 is 0 Å². The van der Waals surface area contributed by atoms with Gasteiger partial charge in [0.1, 0.15) is 0 Å². The number of hydrogen-bond acceptors (Lipinski definition) is 1. The maximum Gasteiger partial charge on any atom is 0.00966 e. The number of unbranched alkanes of at least 4 members (excludes halogenated alkanes) is 2. The van der Waals surface area contributed by atoms with Crippen LogP contribution in [0.15, 0.2) is 12.2 Å².